The van der Waals surface area contributed by atoms with Gasteiger partial charge in [0.1, 0.15) is 11.1 Å². The van der Waals surface area contributed by atoms with Crippen molar-refractivity contribution in [2.24, 2.45) is 0 Å². The van der Waals surface area contributed by atoms with Gasteiger partial charge in [-0.15, -0.1) is 11.3 Å². The highest BCUT2D eigenvalue weighted by Gasteiger charge is 2.35. The number of hydrogen-bond donors (Lipinski definition) is 1. The molecule has 0 saturated carbocycles. The zero-order valence-electron chi connectivity index (χ0n) is 14.2. The van der Waals surface area contributed by atoms with Gasteiger partial charge in [0, 0.05) is 24.3 Å². The predicted molar refractivity (Wildman–Crippen MR) is 95.6 cm³/mol. The lowest BCUT2D eigenvalue weighted by Gasteiger charge is -2.23. The number of carbonyl (C=O) groups is 2. The lowest BCUT2D eigenvalue weighted by Crippen LogP contribution is -2.43. The van der Waals surface area contributed by atoms with Crippen molar-refractivity contribution < 1.29 is 27.5 Å². The molecular weight excluding hydrogens is 421 g/mol. The van der Waals surface area contributed by atoms with Gasteiger partial charge in [-0.1, -0.05) is 11.6 Å². The predicted octanol–water partition coefficient (Wildman–Crippen LogP) is 3.38. The summed E-state index contributed by atoms with van der Waals surface area (Å²) in [4.78, 5) is 34.3. The van der Waals surface area contributed by atoms with Gasteiger partial charge in [-0.2, -0.15) is 13.2 Å². The van der Waals surface area contributed by atoms with Gasteiger partial charge >= 0.3 is 6.18 Å². The second-order valence-corrected chi connectivity index (χ2v) is 7.20. The number of likely N-dealkylation sites (tertiary alicyclic amines) is 1. The first-order valence-electron chi connectivity index (χ1n) is 8.11. The maximum Gasteiger partial charge on any atom is 0.422 e. The maximum absolute atomic E-state index is 12.8. The first-order valence-corrected chi connectivity index (χ1v) is 9.37. The van der Waals surface area contributed by atoms with Crippen molar-refractivity contribution in [3.8, 4) is 5.88 Å². The average Bonchev–Trinajstić information content (AvgIpc) is 3.30. The molecule has 1 atom stereocenters. The number of amides is 2. The third kappa shape index (κ3) is 4.90. The second-order valence-electron chi connectivity index (χ2n) is 5.90. The summed E-state index contributed by atoms with van der Waals surface area (Å²) in [6, 6.07) is 0.493. The summed E-state index contributed by atoms with van der Waals surface area (Å²) in [5.41, 5.74) is 0.0540. The van der Waals surface area contributed by atoms with Gasteiger partial charge in [0.05, 0.1) is 5.56 Å². The van der Waals surface area contributed by atoms with Crippen molar-refractivity contribution >= 4 is 39.9 Å². The highest BCUT2D eigenvalue weighted by molar-refractivity contribution is 7.13. The first-order chi connectivity index (χ1) is 13.2. The van der Waals surface area contributed by atoms with E-state index >= 15 is 0 Å². The number of halogens is 4. The van der Waals surface area contributed by atoms with E-state index in [1.807, 2.05) is 0 Å². The molecule has 1 fully saturated rings. The number of anilines is 1. The molecule has 3 rings (SSSR count). The molecule has 0 bridgehead atoms. The Morgan fingerprint density at radius 2 is 2.18 bits per heavy atom. The van der Waals surface area contributed by atoms with Gasteiger partial charge in [0.25, 0.3) is 5.91 Å². The van der Waals surface area contributed by atoms with E-state index in [9.17, 15) is 22.8 Å². The summed E-state index contributed by atoms with van der Waals surface area (Å²) in [5.74, 6) is -1.27. The summed E-state index contributed by atoms with van der Waals surface area (Å²) < 4.78 is 41.2. The van der Waals surface area contributed by atoms with Gasteiger partial charge in [-0.25, -0.2) is 9.97 Å². The molecule has 2 aromatic heterocycles. The van der Waals surface area contributed by atoms with Crippen molar-refractivity contribution in [1.82, 2.24) is 14.9 Å². The summed E-state index contributed by atoms with van der Waals surface area (Å²) in [5, 5.41) is 4.58. The lowest BCUT2D eigenvalue weighted by molar-refractivity contribution is -0.154. The number of rotatable bonds is 5. The van der Waals surface area contributed by atoms with Crippen LogP contribution in [0, 0.1) is 0 Å². The van der Waals surface area contributed by atoms with Crippen LogP contribution in [0.1, 0.15) is 23.2 Å². The van der Waals surface area contributed by atoms with Gasteiger partial charge < -0.3 is 15.0 Å². The van der Waals surface area contributed by atoms with E-state index in [0.717, 1.165) is 6.20 Å². The number of nitrogens with zero attached hydrogens (tertiary/aromatic N) is 3. The molecule has 1 aliphatic heterocycles. The monoisotopic (exact) mass is 434 g/mol. The zero-order chi connectivity index (χ0) is 20.3. The van der Waals surface area contributed by atoms with Crippen LogP contribution in [-0.4, -0.2) is 52.1 Å². The fourth-order valence-corrected chi connectivity index (χ4v) is 3.47. The van der Waals surface area contributed by atoms with Gasteiger partial charge in [-0.3, -0.25) is 9.59 Å². The van der Waals surface area contributed by atoms with E-state index in [1.54, 1.807) is 11.6 Å². The molecule has 1 saturated heterocycles. The number of aromatic nitrogens is 2. The van der Waals surface area contributed by atoms with Crippen LogP contribution >= 0.6 is 22.9 Å². The number of thiazole rings is 1. The molecule has 2 amide bonds. The standard InChI is InChI=1S/C16H14ClF3N4O3S/c17-10-6-9(7-22-13(10)27-8-16(18,19)20)14(26)24-4-1-2-11(24)12(25)23-15-21-3-5-28-15/h3,5-7,11H,1-2,4,8H2,(H,21,23,25). The van der Waals surface area contributed by atoms with Crippen LogP contribution in [0.3, 0.4) is 0 Å². The first kappa shape index (κ1) is 20.3. The number of carbonyl (C=O) groups excluding carboxylic acids is 2. The fourth-order valence-electron chi connectivity index (χ4n) is 2.72. The molecular formula is C16H14ClF3N4O3S. The third-order valence-corrected chi connectivity index (χ3v) is 4.86. The highest BCUT2D eigenvalue weighted by atomic mass is 35.5. The average molecular weight is 435 g/mol. The van der Waals surface area contributed by atoms with Gasteiger partial charge in [-0.05, 0) is 18.9 Å². The Morgan fingerprint density at radius 3 is 2.82 bits per heavy atom. The van der Waals surface area contributed by atoms with E-state index in [4.69, 9.17) is 11.6 Å². The van der Waals surface area contributed by atoms with E-state index in [2.05, 4.69) is 20.0 Å². The molecule has 1 unspecified atom stereocenters. The summed E-state index contributed by atoms with van der Waals surface area (Å²) in [6.07, 6.45) is -0.790. The van der Waals surface area contributed by atoms with Gasteiger partial charge in [0.15, 0.2) is 11.7 Å². The molecule has 12 heteroatoms. The molecule has 0 aliphatic carbocycles. The van der Waals surface area contributed by atoms with Crippen LogP contribution in [0.4, 0.5) is 18.3 Å². The SMILES string of the molecule is O=C(Nc1nccs1)C1CCCN1C(=O)c1cnc(OCC(F)(F)F)c(Cl)c1. The molecule has 3 heterocycles. The van der Waals surface area contributed by atoms with Crippen LogP contribution in [0.15, 0.2) is 23.8 Å². The van der Waals surface area contributed by atoms with Crippen molar-refractivity contribution in [3.05, 3.63) is 34.4 Å². The number of alkyl halides is 3. The van der Waals surface area contributed by atoms with Crippen molar-refractivity contribution in [3.63, 3.8) is 0 Å². The van der Waals surface area contributed by atoms with Gasteiger partial charge in [0.2, 0.25) is 11.8 Å². The molecule has 0 aromatic carbocycles. The Kier molecular flexibility index (Phi) is 6.04. The summed E-state index contributed by atoms with van der Waals surface area (Å²) in [6.45, 7) is -1.18. The van der Waals surface area contributed by atoms with Crippen LogP contribution < -0.4 is 10.1 Å². The normalized spacial score (nSPS) is 16.9. The molecule has 2 aromatic rings. The lowest BCUT2D eigenvalue weighted by atomic mass is 10.2. The topological polar surface area (TPSA) is 84.4 Å². The van der Waals surface area contributed by atoms with Crippen LogP contribution in [0.2, 0.25) is 5.02 Å². The van der Waals surface area contributed by atoms with E-state index in [-0.39, 0.29) is 16.5 Å². The molecule has 150 valence electrons. The van der Waals surface area contributed by atoms with Crippen LogP contribution in [-0.2, 0) is 4.79 Å². The maximum atomic E-state index is 12.8. The summed E-state index contributed by atoms with van der Waals surface area (Å²) in [7, 11) is 0. The largest absolute Gasteiger partial charge is 0.467 e. The molecule has 1 N–H and O–H groups in total. The molecule has 7 nitrogen and oxygen atoms in total. The van der Waals surface area contributed by atoms with Crippen molar-refractivity contribution in [2.45, 2.75) is 25.1 Å². The molecule has 28 heavy (non-hydrogen) atoms. The minimum atomic E-state index is -4.53. The molecule has 0 spiro atoms. The zero-order valence-corrected chi connectivity index (χ0v) is 15.8. The van der Waals surface area contributed by atoms with Crippen molar-refractivity contribution in [1.29, 1.82) is 0 Å². The van der Waals surface area contributed by atoms with Crippen LogP contribution in [0.25, 0.3) is 0 Å². The van der Waals surface area contributed by atoms with E-state index < -0.39 is 30.6 Å². The smallest absolute Gasteiger partial charge is 0.422 e. The minimum Gasteiger partial charge on any atom is -0.467 e. The Morgan fingerprint density at radius 1 is 1.39 bits per heavy atom. The number of nitrogens with one attached hydrogen (secondary N) is 1. The second kappa shape index (κ2) is 8.31. The molecule has 0 radical (unpaired) electrons. The number of ether oxygens (including phenoxy) is 1. The minimum absolute atomic E-state index is 0.0540. The Bertz CT molecular complexity index is 863. The van der Waals surface area contributed by atoms with E-state index in [0.29, 0.717) is 24.5 Å². The highest BCUT2D eigenvalue weighted by Crippen LogP contribution is 2.27. The number of pyridine rings is 1. The van der Waals surface area contributed by atoms with Crippen LogP contribution in [0.5, 0.6) is 5.88 Å². The number of hydrogen-bond acceptors (Lipinski definition) is 6. The Hall–Kier alpha value is -2.40. The van der Waals surface area contributed by atoms with Crippen molar-refractivity contribution in [2.75, 3.05) is 18.5 Å². The third-order valence-electron chi connectivity index (χ3n) is 3.91. The summed E-state index contributed by atoms with van der Waals surface area (Å²) >= 11 is 7.15. The Balaban J connectivity index is 1.70. The van der Waals surface area contributed by atoms with E-state index in [1.165, 1.54) is 22.3 Å². The quantitative estimate of drug-likeness (QED) is 0.780. The Labute approximate surface area is 166 Å². The molecule has 1 aliphatic rings. The fraction of sp³-hybridized carbons (Fsp3) is 0.375.